The van der Waals surface area contributed by atoms with E-state index in [1.54, 1.807) is 13.8 Å². The Kier molecular flexibility index (Phi) is 7.53. The first-order valence-corrected chi connectivity index (χ1v) is 7.25. The molecule has 7 heteroatoms. The summed E-state index contributed by atoms with van der Waals surface area (Å²) < 4.78 is 32.1. The van der Waals surface area contributed by atoms with E-state index in [-0.39, 0.29) is 37.6 Å². The van der Waals surface area contributed by atoms with E-state index >= 15 is 0 Å². The average molecular weight is 266 g/mol. The first-order valence-electron chi connectivity index (χ1n) is 5.43. The Labute approximate surface area is 101 Å². The molecule has 0 aromatic carbocycles. The Morgan fingerprint density at radius 2 is 1.24 bits per heavy atom. The van der Waals surface area contributed by atoms with Gasteiger partial charge in [-0.15, -0.1) is 0 Å². The largest absolute Gasteiger partial charge is 0.465 e. The third kappa shape index (κ3) is 8.67. The highest BCUT2D eigenvalue weighted by molar-refractivity contribution is 7.91. The van der Waals surface area contributed by atoms with Gasteiger partial charge in [0, 0.05) is 12.8 Å². The summed E-state index contributed by atoms with van der Waals surface area (Å²) in [5, 5.41) is 0. The number of ether oxygens (including phenoxy) is 2. The van der Waals surface area contributed by atoms with Crippen molar-refractivity contribution in [1.29, 1.82) is 0 Å². The molecule has 0 saturated heterocycles. The SMILES string of the molecule is CCC(=O)OCCS(=O)(=O)CCOC(=O)CC. The van der Waals surface area contributed by atoms with Crippen LogP contribution in [0.3, 0.4) is 0 Å². The first kappa shape index (κ1) is 15.9. The fraction of sp³-hybridized carbons (Fsp3) is 0.800. The molecule has 0 amide bonds. The maximum Gasteiger partial charge on any atom is 0.305 e. The average Bonchev–Trinajstić information content (AvgIpc) is 2.27. The molecule has 0 bridgehead atoms. The normalized spacial score (nSPS) is 10.9. The molecule has 0 unspecified atom stereocenters. The van der Waals surface area contributed by atoms with E-state index in [1.807, 2.05) is 0 Å². The van der Waals surface area contributed by atoms with Gasteiger partial charge in [-0.1, -0.05) is 13.8 Å². The van der Waals surface area contributed by atoms with Crippen LogP contribution in [-0.2, 0) is 28.9 Å². The van der Waals surface area contributed by atoms with Gasteiger partial charge in [0.25, 0.3) is 0 Å². The molecule has 0 spiro atoms. The van der Waals surface area contributed by atoms with E-state index in [4.69, 9.17) is 0 Å². The second kappa shape index (κ2) is 8.05. The summed E-state index contributed by atoms with van der Waals surface area (Å²) in [6.45, 7) is 2.94. The molecule has 0 saturated carbocycles. The first-order chi connectivity index (χ1) is 7.91. The minimum atomic E-state index is -3.34. The molecule has 0 aromatic heterocycles. The molecule has 0 N–H and O–H groups in total. The number of hydrogen-bond donors (Lipinski definition) is 0. The lowest BCUT2D eigenvalue weighted by molar-refractivity contribution is -0.143. The highest BCUT2D eigenvalue weighted by atomic mass is 32.2. The second-order valence-electron chi connectivity index (χ2n) is 3.30. The molecule has 0 aliphatic heterocycles. The molecule has 0 rings (SSSR count). The van der Waals surface area contributed by atoms with Crippen molar-refractivity contribution in [2.45, 2.75) is 26.7 Å². The summed E-state index contributed by atoms with van der Waals surface area (Å²) in [6, 6.07) is 0. The molecule has 0 aliphatic carbocycles. The van der Waals surface area contributed by atoms with E-state index in [9.17, 15) is 18.0 Å². The number of carbonyl (C=O) groups is 2. The zero-order valence-electron chi connectivity index (χ0n) is 10.1. The van der Waals surface area contributed by atoms with Crippen molar-refractivity contribution in [2.75, 3.05) is 24.7 Å². The van der Waals surface area contributed by atoms with Crippen molar-refractivity contribution in [1.82, 2.24) is 0 Å². The van der Waals surface area contributed by atoms with E-state index in [0.29, 0.717) is 0 Å². The zero-order chi connectivity index (χ0) is 13.3. The summed E-state index contributed by atoms with van der Waals surface area (Å²) in [6.07, 6.45) is 0.433. The van der Waals surface area contributed by atoms with Gasteiger partial charge in [-0.2, -0.15) is 0 Å². The van der Waals surface area contributed by atoms with Gasteiger partial charge < -0.3 is 9.47 Å². The van der Waals surface area contributed by atoms with Gasteiger partial charge in [0.15, 0.2) is 9.84 Å². The van der Waals surface area contributed by atoms with Crippen LogP contribution in [0.5, 0.6) is 0 Å². The van der Waals surface area contributed by atoms with Gasteiger partial charge in [0.05, 0.1) is 11.5 Å². The van der Waals surface area contributed by atoms with E-state index < -0.39 is 21.8 Å². The third-order valence-electron chi connectivity index (χ3n) is 1.89. The summed E-state index contributed by atoms with van der Waals surface area (Å²) in [7, 11) is -3.34. The standard InChI is InChI=1S/C10H18O6S/c1-3-9(11)15-5-7-17(13,14)8-6-16-10(12)4-2/h3-8H2,1-2H3. The predicted molar refractivity (Wildman–Crippen MR) is 61.2 cm³/mol. The molecular weight excluding hydrogens is 248 g/mol. The maximum absolute atomic E-state index is 11.4. The van der Waals surface area contributed by atoms with Crippen LogP contribution in [0.1, 0.15) is 26.7 Å². The van der Waals surface area contributed by atoms with Crippen LogP contribution in [0.4, 0.5) is 0 Å². The molecule has 0 aliphatic rings. The maximum atomic E-state index is 11.4. The van der Waals surface area contributed by atoms with Crippen molar-refractivity contribution < 1.29 is 27.5 Å². The van der Waals surface area contributed by atoms with Gasteiger partial charge >= 0.3 is 11.9 Å². The number of rotatable bonds is 8. The highest BCUT2D eigenvalue weighted by Crippen LogP contribution is 1.94. The smallest absolute Gasteiger partial charge is 0.305 e. The second-order valence-corrected chi connectivity index (χ2v) is 5.60. The fourth-order valence-corrected chi connectivity index (χ4v) is 1.75. The van der Waals surface area contributed by atoms with E-state index in [0.717, 1.165) is 0 Å². The lowest BCUT2D eigenvalue weighted by Crippen LogP contribution is -2.21. The zero-order valence-corrected chi connectivity index (χ0v) is 10.9. The number of sulfone groups is 1. The van der Waals surface area contributed by atoms with Gasteiger partial charge in [-0.3, -0.25) is 9.59 Å². The minimum Gasteiger partial charge on any atom is -0.465 e. The molecule has 0 aromatic rings. The Morgan fingerprint density at radius 3 is 1.53 bits per heavy atom. The van der Waals surface area contributed by atoms with Crippen molar-refractivity contribution in [2.24, 2.45) is 0 Å². The van der Waals surface area contributed by atoms with Crippen molar-refractivity contribution in [3.8, 4) is 0 Å². The van der Waals surface area contributed by atoms with Crippen molar-refractivity contribution in [3.63, 3.8) is 0 Å². The lowest BCUT2D eigenvalue weighted by Gasteiger charge is -2.06. The van der Waals surface area contributed by atoms with Crippen LogP contribution in [0, 0.1) is 0 Å². The third-order valence-corrected chi connectivity index (χ3v) is 3.47. The summed E-state index contributed by atoms with van der Waals surface area (Å²) in [5.74, 6) is -1.36. The van der Waals surface area contributed by atoms with Crippen LogP contribution >= 0.6 is 0 Å². The van der Waals surface area contributed by atoms with Gasteiger partial charge in [-0.05, 0) is 0 Å². The van der Waals surface area contributed by atoms with Crippen molar-refractivity contribution >= 4 is 21.8 Å². The summed E-state index contributed by atoms with van der Waals surface area (Å²) >= 11 is 0. The Balaban J connectivity index is 3.81. The van der Waals surface area contributed by atoms with Crippen LogP contribution < -0.4 is 0 Å². The van der Waals surface area contributed by atoms with Crippen molar-refractivity contribution in [3.05, 3.63) is 0 Å². The van der Waals surface area contributed by atoms with Crippen LogP contribution in [0.2, 0.25) is 0 Å². The number of hydrogen-bond acceptors (Lipinski definition) is 6. The van der Waals surface area contributed by atoms with Crippen LogP contribution in [0.15, 0.2) is 0 Å². The molecule has 6 nitrogen and oxygen atoms in total. The van der Waals surface area contributed by atoms with E-state index in [2.05, 4.69) is 9.47 Å². The van der Waals surface area contributed by atoms with Gasteiger partial charge in [0.1, 0.15) is 13.2 Å². The molecular formula is C10H18O6S. The summed E-state index contributed by atoms with van der Waals surface area (Å²) in [5.41, 5.74) is 0. The highest BCUT2D eigenvalue weighted by Gasteiger charge is 2.13. The monoisotopic (exact) mass is 266 g/mol. The minimum absolute atomic E-state index is 0.156. The van der Waals surface area contributed by atoms with Gasteiger partial charge in [0.2, 0.25) is 0 Å². The number of esters is 2. The molecule has 100 valence electrons. The Hall–Kier alpha value is -1.11. The topological polar surface area (TPSA) is 86.7 Å². The molecule has 0 heterocycles. The van der Waals surface area contributed by atoms with E-state index in [1.165, 1.54) is 0 Å². The predicted octanol–water partition coefficient (Wildman–Crippen LogP) is 0.308. The molecule has 0 radical (unpaired) electrons. The quantitative estimate of drug-likeness (QED) is 0.587. The van der Waals surface area contributed by atoms with Gasteiger partial charge in [-0.25, -0.2) is 8.42 Å². The Morgan fingerprint density at radius 1 is 0.882 bits per heavy atom. The number of carbonyl (C=O) groups excluding carboxylic acids is 2. The Bertz CT molecular complexity index is 318. The molecule has 0 fully saturated rings. The lowest BCUT2D eigenvalue weighted by atomic mass is 10.5. The van der Waals surface area contributed by atoms with Crippen LogP contribution in [-0.4, -0.2) is 45.1 Å². The molecule has 17 heavy (non-hydrogen) atoms. The fourth-order valence-electron chi connectivity index (χ4n) is 0.871. The van der Waals surface area contributed by atoms with Crippen LogP contribution in [0.25, 0.3) is 0 Å². The summed E-state index contributed by atoms with van der Waals surface area (Å²) in [4.78, 5) is 21.5. The molecule has 0 atom stereocenters.